The monoisotopic (exact) mass is 175 g/mol. The SMILES string of the molecule is C#CCO[C@H]1CCNCC1(F)F. The Labute approximate surface area is 70.3 Å². The predicted octanol–water partition coefficient (Wildman–Crippen LogP) is 0.633. The van der Waals surface area contributed by atoms with Crippen molar-refractivity contribution in [3.63, 3.8) is 0 Å². The highest BCUT2D eigenvalue weighted by molar-refractivity contribution is 4.89. The van der Waals surface area contributed by atoms with Crippen molar-refractivity contribution in [3.05, 3.63) is 0 Å². The molecule has 0 aromatic carbocycles. The molecule has 4 heteroatoms. The van der Waals surface area contributed by atoms with Crippen molar-refractivity contribution in [2.45, 2.75) is 18.4 Å². The van der Waals surface area contributed by atoms with Crippen LogP contribution in [0, 0.1) is 12.3 Å². The van der Waals surface area contributed by atoms with Crippen LogP contribution in [0.25, 0.3) is 0 Å². The van der Waals surface area contributed by atoms with Crippen molar-refractivity contribution in [2.75, 3.05) is 19.7 Å². The first-order chi connectivity index (χ1) is 5.67. The summed E-state index contributed by atoms with van der Waals surface area (Å²) in [6, 6.07) is 0. The van der Waals surface area contributed by atoms with E-state index in [0.29, 0.717) is 13.0 Å². The number of hydrogen-bond acceptors (Lipinski definition) is 2. The van der Waals surface area contributed by atoms with E-state index in [1.165, 1.54) is 0 Å². The van der Waals surface area contributed by atoms with E-state index < -0.39 is 12.0 Å². The summed E-state index contributed by atoms with van der Waals surface area (Å²) in [4.78, 5) is 0. The number of piperidine rings is 1. The highest BCUT2D eigenvalue weighted by Gasteiger charge is 2.42. The molecule has 0 amide bonds. The van der Waals surface area contributed by atoms with Crippen LogP contribution in [0.4, 0.5) is 8.78 Å². The standard InChI is InChI=1S/C8H11F2NO/c1-2-5-12-7-3-4-11-6-8(7,9)10/h1,7,11H,3-6H2/t7-/m0/s1. The molecule has 0 aliphatic carbocycles. The average molecular weight is 175 g/mol. The molecule has 1 heterocycles. The minimum atomic E-state index is -2.78. The van der Waals surface area contributed by atoms with Gasteiger partial charge in [0.25, 0.3) is 5.92 Å². The highest BCUT2D eigenvalue weighted by atomic mass is 19.3. The van der Waals surface area contributed by atoms with Crippen molar-refractivity contribution in [1.29, 1.82) is 0 Å². The first kappa shape index (κ1) is 9.43. The molecule has 0 spiro atoms. The minimum Gasteiger partial charge on any atom is -0.359 e. The second kappa shape index (κ2) is 3.83. The number of alkyl halides is 2. The summed E-state index contributed by atoms with van der Waals surface area (Å²) in [5, 5.41) is 2.60. The summed E-state index contributed by atoms with van der Waals surface area (Å²) >= 11 is 0. The van der Waals surface area contributed by atoms with E-state index in [-0.39, 0.29) is 13.2 Å². The Morgan fingerprint density at radius 2 is 2.42 bits per heavy atom. The van der Waals surface area contributed by atoms with Crippen LogP contribution in [0.5, 0.6) is 0 Å². The van der Waals surface area contributed by atoms with Crippen LogP contribution in [0.1, 0.15) is 6.42 Å². The first-order valence-electron chi connectivity index (χ1n) is 3.80. The molecule has 1 aliphatic rings. The fourth-order valence-electron chi connectivity index (χ4n) is 1.17. The zero-order valence-corrected chi connectivity index (χ0v) is 6.65. The van der Waals surface area contributed by atoms with E-state index >= 15 is 0 Å². The van der Waals surface area contributed by atoms with Gasteiger partial charge in [0.15, 0.2) is 0 Å². The van der Waals surface area contributed by atoms with E-state index in [0.717, 1.165) is 0 Å². The average Bonchev–Trinajstić information content (AvgIpc) is 2.02. The molecule has 0 unspecified atom stereocenters. The summed E-state index contributed by atoms with van der Waals surface area (Å²) in [6.45, 7) is 0.202. The number of nitrogens with one attached hydrogen (secondary N) is 1. The third-order valence-corrected chi connectivity index (χ3v) is 1.78. The van der Waals surface area contributed by atoms with Gasteiger partial charge < -0.3 is 10.1 Å². The first-order valence-corrected chi connectivity index (χ1v) is 3.80. The van der Waals surface area contributed by atoms with Crippen molar-refractivity contribution in [2.24, 2.45) is 0 Å². The van der Waals surface area contributed by atoms with Crippen LogP contribution in [0.3, 0.4) is 0 Å². The maximum Gasteiger partial charge on any atom is 0.285 e. The smallest absolute Gasteiger partial charge is 0.285 e. The molecular weight excluding hydrogens is 164 g/mol. The Morgan fingerprint density at radius 3 is 3.00 bits per heavy atom. The number of halogens is 2. The van der Waals surface area contributed by atoms with Gasteiger partial charge in [0, 0.05) is 0 Å². The zero-order valence-electron chi connectivity index (χ0n) is 6.65. The third-order valence-electron chi connectivity index (χ3n) is 1.78. The van der Waals surface area contributed by atoms with Gasteiger partial charge in [-0.3, -0.25) is 0 Å². The lowest BCUT2D eigenvalue weighted by Crippen LogP contribution is -2.50. The number of hydrogen-bond donors (Lipinski definition) is 1. The largest absolute Gasteiger partial charge is 0.359 e. The van der Waals surface area contributed by atoms with Gasteiger partial charge in [-0.25, -0.2) is 8.78 Å². The van der Waals surface area contributed by atoms with Gasteiger partial charge in [0.1, 0.15) is 12.7 Å². The van der Waals surface area contributed by atoms with Crippen molar-refractivity contribution < 1.29 is 13.5 Å². The van der Waals surface area contributed by atoms with Gasteiger partial charge in [-0.15, -0.1) is 6.42 Å². The van der Waals surface area contributed by atoms with Crippen LogP contribution in [-0.2, 0) is 4.74 Å². The van der Waals surface area contributed by atoms with Gasteiger partial charge in [-0.05, 0) is 13.0 Å². The van der Waals surface area contributed by atoms with Crippen molar-refractivity contribution >= 4 is 0 Å². The van der Waals surface area contributed by atoms with E-state index in [2.05, 4.69) is 11.2 Å². The summed E-state index contributed by atoms with van der Waals surface area (Å²) in [5.41, 5.74) is 0. The Morgan fingerprint density at radius 1 is 1.67 bits per heavy atom. The molecule has 0 radical (unpaired) electrons. The van der Waals surface area contributed by atoms with Crippen molar-refractivity contribution in [1.82, 2.24) is 5.32 Å². The Hall–Kier alpha value is -0.660. The number of ether oxygens (including phenoxy) is 1. The van der Waals surface area contributed by atoms with Crippen molar-refractivity contribution in [3.8, 4) is 12.3 Å². The molecule has 1 aliphatic heterocycles. The topological polar surface area (TPSA) is 21.3 Å². The molecule has 0 saturated carbocycles. The molecule has 0 aromatic rings. The van der Waals surface area contributed by atoms with Crippen LogP contribution < -0.4 is 5.32 Å². The lowest BCUT2D eigenvalue weighted by atomic mass is 10.1. The van der Waals surface area contributed by atoms with Crippen LogP contribution in [-0.4, -0.2) is 31.7 Å². The maximum atomic E-state index is 12.9. The van der Waals surface area contributed by atoms with Gasteiger partial charge in [0.05, 0.1) is 6.54 Å². The Balaban J connectivity index is 2.44. The molecule has 68 valence electrons. The Kier molecular flexibility index (Phi) is 3.01. The molecule has 1 fully saturated rings. The zero-order chi connectivity index (χ0) is 9.03. The normalized spacial score (nSPS) is 27.9. The molecule has 0 bridgehead atoms. The van der Waals surface area contributed by atoms with Gasteiger partial charge >= 0.3 is 0 Å². The lowest BCUT2D eigenvalue weighted by Gasteiger charge is -2.31. The summed E-state index contributed by atoms with van der Waals surface area (Å²) in [7, 11) is 0. The van der Waals surface area contributed by atoms with E-state index in [9.17, 15) is 8.78 Å². The Bertz CT molecular complexity index is 188. The van der Waals surface area contributed by atoms with Gasteiger partial charge in [-0.2, -0.15) is 0 Å². The predicted molar refractivity (Wildman–Crippen MR) is 41.0 cm³/mol. The molecular formula is C8H11F2NO. The quantitative estimate of drug-likeness (QED) is 0.622. The minimum absolute atomic E-state index is 0.0414. The molecule has 0 aromatic heterocycles. The number of terminal acetylenes is 1. The number of rotatable bonds is 2. The summed E-state index contributed by atoms with van der Waals surface area (Å²) < 4.78 is 30.7. The molecule has 1 N–H and O–H groups in total. The maximum absolute atomic E-state index is 12.9. The molecule has 1 saturated heterocycles. The molecule has 1 rings (SSSR count). The summed E-state index contributed by atoms with van der Waals surface area (Å²) in [6.07, 6.45) is 4.19. The lowest BCUT2D eigenvalue weighted by molar-refractivity contribution is -0.142. The van der Waals surface area contributed by atoms with Crippen LogP contribution in [0.2, 0.25) is 0 Å². The van der Waals surface area contributed by atoms with Crippen LogP contribution >= 0.6 is 0 Å². The molecule has 12 heavy (non-hydrogen) atoms. The summed E-state index contributed by atoms with van der Waals surface area (Å²) in [5.74, 6) is -0.606. The fourth-order valence-corrected chi connectivity index (χ4v) is 1.17. The van der Waals surface area contributed by atoms with Crippen LogP contribution in [0.15, 0.2) is 0 Å². The second-order valence-corrected chi connectivity index (χ2v) is 2.73. The second-order valence-electron chi connectivity index (χ2n) is 2.73. The fraction of sp³-hybridized carbons (Fsp3) is 0.750. The molecule has 2 nitrogen and oxygen atoms in total. The van der Waals surface area contributed by atoms with E-state index in [1.54, 1.807) is 0 Å². The molecule has 1 atom stereocenters. The highest BCUT2D eigenvalue weighted by Crippen LogP contribution is 2.25. The van der Waals surface area contributed by atoms with E-state index in [1.807, 2.05) is 0 Å². The van der Waals surface area contributed by atoms with Gasteiger partial charge in [-0.1, -0.05) is 5.92 Å². The van der Waals surface area contributed by atoms with Gasteiger partial charge in [0.2, 0.25) is 0 Å². The third kappa shape index (κ3) is 2.16. The van der Waals surface area contributed by atoms with E-state index in [4.69, 9.17) is 11.2 Å².